The van der Waals surface area contributed by atoms with E-state index in [0.29, 0.717) is 22.1 Å². The zero-order valence-electron chi connectivity index (χ0n) is 14.2. The number of hydrogen-bond acceptors (Lipinski definition) is 5. The van der Waals surface area contributed by atoms with Gasteiger partial charge in [-0.25, -0.2) is 5.10 Å². The molecular formula is C18H18N4O2S. The third kappa shape index (κ3) is 3.61. The predicted molar refractivity (Wildman–Crippen MR) is 100 cm³/mol. The van der Waals surface area contributed by atoms with Crippen molar-refractivity contribution in [1.29, 1.82) is 0 Å². The van der Waals surface area contributed by atoms with Crippen LogP contribution in [-0.2, 0) is 0 Å². The summed E-state index contributed by atoms with van der Waals surface area (Å²) in [4.78, 5) is 0. The average molecular weight is 354 g/mol. The summed E-state index contributed by atoms with van der Waals surface area (Å²) in [5.41, 5.74) is 2.91. The lowest BCUT2D eigenvalue weighted by atomic mass is 10.1. The minimum Gasteiger partial charge on any atom is -0.497 e. The van der Waals surface area contributed by atoms with Gasteiger partial charge < -0.3 is 9.47 Å². The molecule has 0 aliphatic heterocycles. The van der Waals surface area contributed by atoms with Crippen molar-refractivity contribution in [3.8, 4) is 22.9 Å². The molecule has 6 nitrogen and oxygen atoms in total. The monoisotopic (exact) mass is 354 g/mol. The van der Waals surface area contributed by atoms with Crippen molar-refractivity contribution in [2.45, 2.75) is 6.92 Å². The molecule has 0 unspecified atom stereocenters. The highest BCUT2D eigenvalue weighted by atomic mass is 32.1. The van der Waals surface area contributed by atoms with Crippen LogP contribution in [0, 0.1) is 11.7 Å². The molecule has 0 bridgehead atoms. The van der Waals surface area contributed by atoms with Crippen molar-refractivity contribution >= 4 is 18.4 Å². The number of aryl methyl sites for hydroxylation is 1. The number of methoxy groups -OCH3 is 2. The Bertz CT molecular complexity index is 958. The van der Waals surface area contributed by atoms with E-state index < -0.39 is 0 Å². The van der Waals surface area contributed by atoms with Gasteiger partial charge in [0.2, 0.25) is 4.77 Å². The van der Waals surface area contributed by atoms with E-state index in [-0.39, 0.29) is 0 Å². The fourth-order valence-electron chi connectivity index (χ4n) is 2.33. The van der Waals surface area contributed by atoms with Crippen molar-refractivity contribution in [3.05, 3.63) is 58.4 Å². The van der Waals surface area contributed by atoms with Crippen LogP contribution in [0.5, 0.6) is 11.5 Å². The Labute approximate surface area is 150 Å². The molecule has 2 aromatic carbocycles. The molecule has 1 aromatic heterocycles. The third-order valence-corrected chi connectivity index (χ3v) is 3.98. The molecule has 0 fully saturated rings. The maximum Gasteiger partial charge on any atom is 0.216 e. The SMILES string of the molecule is COc1ccc(/C=N/n2c(-c3ccc(C)cc3)n[nH]c2=S)c(OC)c1. The van der Waals surface area contributed by atoms with Crippen LogP contribution < -0.4 is 9.47 Å². The van der Waals surface area contributed by atoms with Gasteiger partial charge in [-0.3, -0.25) is 0 Å². The number of nitrogens with zero attached hydrogens (tertiary/aromatic N) is 3. The van der Waals surface area contributed by atoms with E-state index in [4.69, 9.17) is 21.7 Å². The van der Waals surface area contributed by atoms with Gasteiger partial charge in [-0.15, -0.1) is 0 Å². The predicted octanol–water partition coefficient (Wildman–Crippen LogP) is 3.82. The molecule has 0 atom stereocenters. The highest BCUT2D eigenvalue weighted by molar-refractivity contribution is 7.71. The summed E-state index contributed by atoms with van der Waals surface area (Å²) < 4.78 is 12.6. The standard InChI is InChI=1S/C18H18N4O2S/c1-12-4-6-13(7-5-12)17-20-21-18(25)22(17)19-11-14-8-9-15(23-2)10-16(14)24-3/h4-11H,1-3H3,(H,21,25)/b19-11+. The number of rotatable bonds is 5. The normalized spacial score (nSPS) is 11.0. The Morgan fingerprint density at radius 2 is 1.88 bits per heavy atom. The van der Waals surface area contributed by atoms with Crippen molar-refractivity contribution < 1.29 is 9.47 Å². The molecule has 1 N–H and O–H groups in total. The molecule has 0 saturated heterocycles. The van der Waals surface area contributed by atoms with Gasteiger partial charge in [-0.05, 0) is 31.3 Å². The number of nitrogens with one attached hydrogen (secondary N) is 1. The maximum absolute atomic E-state index is 5.39. The van der Waals surface area contributed by atoms with E-state index in [1.54, 1.807) is 31.2 Å². The highest BCUT2D eigenvalue weighted by Crippen LogP contribution is 2.23. The number of H-pyrrole nitrogens is 1. The largest absolute Gasteiger partial charge is 0.497 e. The lowest BCUT2D eigenvalue weighted by Crippen LogP contribution is -1.97. The van der Waals surface area contributed by atoms with Gasteiger partial charge in [0.05, 0.1) is 20.4 Å². The van der Waals surface area contributed by atoms with Crippen LogP contribution >= 0.6 is 12.2 Å². The van der Waals surface area contributed by atoms with Crippen molar-refractivity contribution in [3.63, 3.8) is 0 Å². The summed E-state index contributed by atoms with van der Waals surface area (Å²) >= 11 is 5.29. The second-order valence-corrected chi connectivity index (χ2v) is 5.77. The maximum atomic E-state index is 5.39. The van der Waals surface area contributed by atoms with Crippen LogP contribution in [0.2, 0.25) is 0 Å². The third-order valence-electron chi connectivity index (χ3n) is 3.71. The molecular weight excluding hydrogens is 336 g/mol. The molecule has 3 rings (SSSR count). The van der Waals surface area contributed by atoms with E-state index in [9.17, 15) is 0 Å². The molecule has 0 spiro atoms. The Balaban J connectivity index is 1.99. The van der Waals surface area contributed by atoms with Crippen LogP contribution in [0.3, 0.4) is 0 Å². The number of aromatic nitrogens is 3. The molecule has 0 aliphatic rings. The Morgan fingerprint density at radius 1 is 1.12 bits per heavy atom. The minimum atomic E-state index is 0.416. The average Bonchev–Trinajstić information content (AvgIpc) is 3.01. The van der Waals surface area contributed by atoms with E-state index in [0.717, 1.165) is 11.1 Å². The Hall–Kier alpha value is -2.93. The van der Waals surface area contributed by atoms with Gasteiger partial charge in [0, 0.05) is 17.2 Å². The molecule has 1 heterocycles. The first-order valence-electron chi connectivity index (χ1n) is 7.63. The van der Waals surface area contributed by atoms with Crippen molar-refractivity contribution in [1.82, 2.24) is 14.9 Å². The second kappa shape index (κ2) is 7.31. The first-order valence-corrected chi connectivity index (χ1v) is 8.04. The number of ether oxygens (including phenoxy) is 2. The van der Waals surface area contributed by atoms with Gasteiger partial charge >= 0.3 is 0 Å². The van der Waals surface area contributed by atoms with E-state index in [2.05, 4.69) is 15.3 Å². The molecule has 0 amide bonds. The molecule has 3 aromatic rings. The Kier molecular flexibility index (Phi) is 4.95. The van der Waals surface area contributed by atoms with Crippen LogP contribution in [0.25, 0.3) is 11.4 Å². The highest BCUT2D eigenvalue weighted by Gasteiger charge is 2.08. The van der Waals surface area contributed by atoms with Gasteiger partial charge in [0.15, 0.2) is 5.82 Å². The lowest BCUT2D eigenvalue weighted by Gasteiger charge is -2.07. The molecule has 7 heteroatoms. The molecule has 128 valence electrons. The number of aromatic amines is 1. The van der Waals surface area contributed by atoms with Crippen molar-refractivity contribution in [2.24, 2.45) is 5.10 Å². The van der Waals surface area contributed by atoms with Gasteiger partial charge in [0.25, 0.3) is 0 Å². The second-order valence-electron chi connectivity index (χ2n) is 5.38. The Morgan fingerprint density at radius 3 is 2.56 bits per heavy atom. The summed E-state index contributed by atoms with van der Waals surface area (Å²) in [5, 5.41) is 11.5. The summed E-state index contributed by atoms with van der Waals surface area (Å²) in [6, 6.07) is 13.5. The molecule has 0 aliphatic carbocycles. The topological polar surface area (TPSA) is 64.4 Å². The summed E-state index contributed by atoms with van der Waals surface area (Å²) in [6.07, 6.45) is 1.68. The van der Waals surface area contributed by atoms with Gasteiger partial charge in [-0.1, -0.05) is 29.8 Å². The van der Waals surface area contributed by atoms with Crippen LogP contribution in [0.4, 0.5) is 0 Å². The first kappa shape index (κ1) is 16.9. The summed E-state index contributed by atoms with van der Waals surface area (Å²) in [6.45, 7) is 2.04. The van der Waals surface area contributed by atoms with Crippen molar-refractivity contribution in [2.75, 3.05) is 14.2 Å². The number of hydrogen-bond donors (Lipinski definition) is 1. The summed E-state index contributed by atoms with van der Waals surface area (Å²) in [5.74, 6) is 2.03. The molecule has 0 saturated carbocycles. The van der Waals surface area contributed by atoms with Crippen LogP contribution in [-0.4, -0.2) is 35.3 Å². The molecule has 0 radical (unpaired) electrons. The lowest BCUT2D eigenvalue weighted by molar-refractivity contribution is 0.394. The fourth-order valence-corrected chi connectivity index (χ4v) is 2.51. The van der Waals surface area contributed by atoms with E-state index in [1.807, 2.05) is 43.3 Å². The van der Waals surface area contributed by atoms with E-state index in [1.165, 1.54) is 5.56 Å². The van der Waals surface area contributed by atoms with Crippen LogP contribution in [0.15, 0.2) is 47.6 Å². The minimum absolute atomic E-state index is 0.416. The van der Waals surface area contributed by atoms with Gasteiger partial charge in [0.1, 0.15) is 11.5 Å². The smallest absolute Gasteiger partial charge is 0.216 e. The zero-order chi connectivity index (χ0) is 17.8. The van der Waals surface area contributed by atoms with Crippen LogP contribution in [0.1, 0.15) is 11.1 Å². The number of benzene rings is 2. The fraction of sp³-hybridized carbons (Fsp3) is 0.167. The first-order chi connectivity index (χ1) is 12.1. The molecule has 25 heavy (non-hydrogen) atoms. The summed E-state index contributed by atoms with van der Waals surface area (Å²) in [7, 11) is 3.22. The van der Waals surface area contributed by atoms with E-state index >= 15 is 0 Å². The quantitative estimate of drug-likeness (QED) is 0.559. The zero-order valence-corrected chi connectivity index (χ0v) is 15.0. The van der Waals surface area contributed by atoms with Gasteiger partial charge in [-0.2, -0.15) is 14.9 Å².